The van der Waals surface area contributed by atoms with Gasteiger partial charge in [-0.3, -0.25) is 4.99 Å². The highest BCUT2D eigenvalue weighted by atomic mass is 127. The molecule has 2 atom stereocenters. The van der Waals surface area contributed by atoms with Crippen LogP contribution in [0.1, 0.15) is 49.8 Å². The van der Waals surface area contributed by atoms with Crippen molar-refractivity contribution in [3.05, 3.63) is 35.4 Å². The molecule has 2 N–H and O–H groups in total. The Labute approximate surface area is 162 Å². The van der Waals surface area contributed by atoms with Gasteiger partial charge in [-0.15, -0.1) is 24.0 Å². The van der Waals surface area contributed by atoms with Gasteiger partial charge in [-0.1, -0.05) is 29.8 Å². The Morgan fingerprint density at radius 3 is 2.62 bits per heavy atom. The van der Waals surface area contributed by atoms with Crippen molar-refractivity contribution in [2.45, 2.75) is 51.7 Å². The van der Waals surface area contributed by atoms with Crippen LogP contribution >= 0.6 is 24.0 Å². The van der Waals surface area contributed by atoms with Crippen molar-refractivity contribution >= 4 is 29.9 Å². The normalized spacial score (nSPS) is 24.2. The molecule has 1 aliphatic carbocycles. The zero-order valence-electron chi connectivity index (χ0n) is 14.8. The summed E-state index contributed by atoms with van der Waals surface area (Å²) in [6, 6.07) is 9.38. The summed E-state index contributed by atoms with van der Waals surface area (Å²) in [5.74, 6) is 1.42. The minimum atomic E-state index is 0. The first-order valence-electron chi connectivity index (χ1n) is 8.99. The molecule has 2 unspecified atom stereocenters. The SMILES string of the molecule is CCNC(=NCC1CCCOC1c1ccc(C)cc1)NC1CC1.I. The number of guanidine groups is 1. The molecule has 1 aliphatic heterocycles. The zero-order chi connectivity index (χ0) is 16.1. The van der Waals surface area contributed by atoms with Crippen molar-refractivity contribution in [1.29, 1.82) is 0 Å². The molecule has 5 heteroatoms. The summed E-state index contributed by atoms with van der Waals surface area (Å²) in [6.45, 7) is 6.82. The van der Waals surface area contributed by atoms with E-state index in [1.165, 1.54) is 30.4 Å². The van der Waals surface area contributed by atoms with Gasteiger partial charge in [-0.2, -0.15) is 0 Å². The highest BCUT2D eigenvalue weighted by molar-refractivity contribution is 14.0. The van der Waals surface area contributed by atoms with Gasteiger partial charge in [0.2, 0.25) is 0 Å². The molecule has 0 bridgehead atoms. The molecule has 1 saturated heterocycles. The molecule has 1 saturated carbocycles. The third-order valence-electron chi connectivity index (χ3n) is 4.60. The Morgan fingerprint density at radius 2 is 1.96 bits per heavy atom. The Hall–Kier alpha value is -0.820. The monoisotopic (exact) mass is 443 g/mol. The summed E-state index contributed by atoms with van der Waals surface area (Å²) in [5, 5.41) is 6.85. The van der Waals surface area contributed by atoms with Crippen molar-refractivity contribution in [2.24, 2.45) is 10.9 Å². The summed E-state index contributed by atoms with van der Waals surface area (Å²) in [5.41, 5.74) is 2.58. The number of nitrogens with one attached hydrogen (secondary N) is 2. The Morgan fingerprint density at radius 1 is 1.21 bits per heavy atom. The van der Waals surface area contributed by atoms with E-state index in [0.29, 0.717) is 12.0 Å². The van der Waals surface area contributed by atoms with Gasteiger partial charge in [0.25, 0.3) is 0 Å². The molecule has 2 aliphatic rings. The smallest absolute Gasteiger partial charge is 0.191 e. The van der Waals surface area contributed by atoms with E-state index in [4.69, 9.17) is 9.73 Å². The van der Waals surface area contributed by atoms with Gasteiger partial charge < -0.3 is 15.4 Å². The van der Waals surface area contributed by atoms with Crippen LogP contribution in [-0.2, 0) is 4.74 Å². The topological polar surface area (TPSA) is 45.7 Å². The van der Waals surface area contributed by atoms with Gasteiger partial charge in [-0.05, 0) is 45.1 Å². The summed E-state index contributed by atoms with van der Waals surface area (Å²) in [6.07, 6.45) is 5.03. The van der Waals surface area contributed by atoms with E-state index < -0.39 is 0 Å². The lowest BCUT2D eigenvalue weighted by Gasteiger charge is -2.31. The van der Waals surface area contributed by atoms with Gasteiger partial charge >= 0.3 is 0 Å². The van der Waals surface area contributed by atoms with Crippen molar-refractivity contribution in [3.8, 4) is 0 Å². The second-order valence-electron chi connectivity index (χ2n) is 6.74. The van der Waals surface area contributed by atoms with Gasteiger partial charge in [0.05, 0.1) is 6.10 Å². The maximum atomic E-state index is 6.09. The van der Waals surface area contributed by atoms with E-state index in [1.807, 2.05) is 0 Å². The molecular formula is C19H30IN3O. The predicted molar refractivity (Wildman–Crippen MR) is 110 cm³/mol. The Balaban J connectivity index is 0.00000208. The van der Waals surface area contributed by atoms with E-state index in [0.717, 1.165) is 32.1 Å². The molecule has 0 radical (unpaired) electrons. The lowest BCUT2D eigenvalue weighted by molar-refractivity contribution is -0.0250. The van der Waals surface area contributed by atoms with E-state index in [2.05, 4.69) is 48.7 Å². The van der Waals surface area contributed by atoms with E-state index >= 15 is 0 Å². The molecule has 134 valence electrons. The van der Waals surface area contributed by atoms with Crippen molar-refractivity contribution in [3.63, 3.8) is 0 Å². The largest absolute Gasteiger partial charge is 0.373 e. The van der Waals surface area contributed by atoms with Crippen molar-refractivity contribution in [2.75, 3.05) is 19.7 Å². The molecular weight excluding hydrogens is 413 g/mol. The Kier molecular flexibility index (Phi) is 7.81. The average Bonchev–Trinajstić information content (AvgIpc) is 3.38. The van der Waals surface area contributed by atoms with E-state index in [9.17, 15) is 0 Å². The number of halogens is 1. The van der Waals surface area contributed by atoms with Gasteiger partial charge in [0.15, 0.2) is 5.96 Å². The van der Waals surface area contributed by atoms with Gasteiger partial charge in [0.1, 0.15) is 0 Å². The quantitative estimate of drug-likeness (QED) is 0.414. The van der Waals surface area contributed by atoms with Crippen LogP contribution in [0.2, 0.25) is 0 Å². The molecule has 2 fully saturated rings. The second-order valence-corrected chi connectivity index (χ2v) is 6.74. The van der Waals surface area contributed by atoms with Crippen LogP contribution in [0.5, 0.6) is 0 Å². The van der Waals surface area contributed by atoms with Crippen LogP contribution in [-0.4, -0.2) is 31.7 Å². The zero-order valence-corrected chi connectivity index (χ0v) is 17.1. The summed E-state index contributed by atoms with van der Waals surface area (Å²) in [4.78, 5) is 4.83. The molecule has 1 aromatic rings. The molecule has 0 amide bonds. The fourth-order valence-electron chi connectivity index (χ4n) is 3.10. The maximum absolute atomic E-state index is 6.09. The minimum Gasteiger partial charge on any atom is -0.373 e. The highest BCUT2D eigenvalue weighted by Gasteiger charge is 2.28. The number of hydrogen-bond donors (Lipinski definition) is 2. The lowest BCUT2D eigenvalue weighted by Crippen LogP contribution is -2.39. The van der Waals surface area contributed by atoms with Gasteiger partial charge in [0, 0.05) is 31.7 Å². The number of benzene rings is 1. The number of aryl methyl sites for hydroxylation is 1. The van der Waals surface area contributed by atoms with Crippen LogP contribution in [0.25, 0.3) is 0 Å². The van der Waals surface area contributed by atoms with Gasteiger partial charge in [-0.25, -0.2) is 0 Å². The maximum Gasteiger partial charge on any atom is 0.191 e. The molecule has 1 heterocycles. The standard InChI is InChI=1S/C19H29N3O.HI/c1-3-20-19(22-17-10-11-17)21-13-16-5-4-12-23-18(16)15-8-6-14(2)7-9-15;/h6-9,16-18H,3-5,10-13H2,1-2H3,(H2,20,21,22);1H. The molecule has 1 aromatic carbocycles. The summed E-state index contributed by atoms with van der Waals surface area (Å²) >= 11 is 0. The third-order valence-corrected chi connectivity index (χ3v) is 4.60. The van der Waals surface area contributed by atoms with Crippen LogP contribution < -0.4 is 10.6 Å². The van der Waals surface area contributed by atoms with Crippen molar-refractivity contribution in [1.82, 2.24) is 10.6 Å². The molecule has 3 rings (SSSR count). The first-order chi connectivity index (χ1) is 11.3. The van der Waals surface area contributed by atoms with E-state index in [-0.39, 0.29) is 30.1 Å². The van der Waals surface area contributed by atoms with E-state index in [1.54, 1.807) is 0 Å². The fourth-order valence-corrected chi connectivity index (χ4v) is 3.10. The fraction of sp³-hybridized carbons (Fsp3) is 0.632. The number of hydrogen-bond acceptors (Lipinski definition) is 2. The van der Waals surface area contributed by atoms with Crippen molar-refractivity contribution < 1.29 is 4.74 Å². The summed E-state index contributed by atoms with van der Waals surface area (Å²) in [7, 11) is 0. The Bertz CT molecular complexity index is 528. The number of aliphatic imine (C=N–C) groups is 1. The first kappa shape index (κ1) is 19.5. The van der Waals surface area contributed by atoms with Crippen LogP contribution in [0.3, 0.4) is 0 Å². The van der Waals surface area contributed by atoms with Crippen LogP contribution in [0.4, 0.5) is 0 Å². The predicted octanol–water partition coefficient (Wildman–Crippen LogP) is 3.80. The molecule has 0 spiro atoms. The number of ether oxygens (including phenoxy) is 1. The lowest BCUT2D eigenvalue weighted by atomic mass is 9.89. The first-order valence-corrected chi connectivity index (χ1v) is 8.99. The third kappa shape index (κ3) is 5.62. The van der Waals surface area contributed by atoms with Crippen LogP contribution in [0.15, 0.2) is 29.3 Å². The van der Waals surface area contributed by atoms with Crippen LogP contribution in [0, 0.1) is 12.8 Å². The summed E-state index contributed by atoms with van der Waals surface area (Å²) < 4.78 is 6.09. The second kappa shape index (κ2) is 9.61. The highest BCUT2D eigenvalue weighted by Crippen LogP contribution is 2.34. The molecule has 0 aromatic heterocycles. The molecule has 4 nitrogen and oxygen atoms in total. The molecule has 24 heavy (non-hydrogen) atoms. The number of rotatable bonds is 5. The minimum absolute atomic E-state index is 0. The average molecular weight is 443 g/mol. The number of nitrogens with zero attached hydrogens (tertiary/aromatic N) is 1.